The highest BCUT2D eigenvalue weighted by atomic mass is 32.1. The summed E-state index contributed by atoms with van der Waals surface area (Å²) in [5.41, 5.74) is 0.546. The second-order valence-corrected chi connectivity index (χ2v) is 5.37. The standard InChI is InChI=1S/C11H24N2S/c1-12(2)7-8-13(3)9-11(10-14)5-4-6-11/h14H,4-10H2,1-3H3. The summed E-state index contributed by atoms with van der Waals surface area (Å²) in [6.07, 6.45) is 4.16. The lowest BCUT2D eigenvalue weighted by molar-refractivity contribution is 0.101. The highest BCUT2D eigenvalue weighted by molar-refractivity contribution is 7.80. The first-order chi connectivity index (χ1) is 6.58. The monoisotopic (exact) mass is 216 g/mol. The normalized spacial score (nSPS) is 20.1. The molecule has 0 N–H and O–H groups in total. The molecule has 0 aromatic carbocycles. The van der Waals surface area contributed by atoms with E-state index in [9.17, 15) is 0 Å². The van der Waals surface area contributed by atoms with Crippen molar-refractivity contribution in [1.82, 2.24) is 9.80 Å². The van der Waals surface area contributed by atoms with Gasteiger partial charge in [0.2, 0.25) is 0 Å². The summed E-state index contributed by atoms with van der Waals surface area (Å²) in [5.74, 6) is 1.05. The third-order valence-corrected chi connectivity index (χ3v) is 3.95. The fraction of sp³-hybridized carbons (Fsp3) is 1.00. The first kappa shape index (κ1) is 12.3. The zero-order chi connectivity index (χ0) is 10.6. The minimum Gasteiger partial charge on any atom is -0.308 e. The summed E-state index contributed by atoms with van der Waals surface area (Å²) in [4.78, 5) is 4.69. The molecule has 0 aliphatic heterocycles. The molecule has 84 valence electrons. The van der Waals surface area contributed by atoms with Crippen molar-refractivity contribution in [1.29, 1.82) is 0 Å². The van der Waals surface area contributed by atoms with Gasteiger partial charge < -0.3 is 9.80 Å². The maximum absolute atomic E-state index is 4.48. The minimum absolute atomic E-state index is 0.546. The van der Waals surface area contributed by atoms with Gasteiger partial charge in [0.25, 0.3) is 0 Å². The van der Waals surface area contributed by atoms with Crippen LogP contribution < -0.4 is 0 Å². The first-order valence-electron chi connectivity index (χ1n) is 5.52. The Balaban J connectivity index is 2.21. The van der Waals surface area contributed by atoms with Crippen molar-refractivity contribution in [3.05, 3.63) is 0 Å². The van der Waals surface area contributed by atoms with Crippen molar-refractivity contribution >= 4 is 12.6 Å². The van der Waals surface area contributed by atoms with Crippen molar-refractivity contribution in [2.75, 3.05) is 46.5 Å². The van der Waals surface area contributed by atoms with Gasteiger partial charge in [-0.05, 0) is 45.2 Å². The Morgan fingerprint density at radius 1 is 1.14 bits per heavy atom. The first-order valence-corrected chi connectivity index (χ1v) is 6.15. The van der Waals surface area contributed by atoms with Crippen LogP contribution in [0.2, 0.25) is 0 Å². The predicted molar refractivity (Wildman–Crippen MR) is 66.2 cm³/mol. The predicted octanol–water partition coefficient (Wildman–Crippen LogP) is 1.58. The second kappa shape index (κ2) is 5.38. The van der Waals surface area contributed by atoms with Crippen LogP contribution in [0, 0.1) is 5.41 Å². The molecule has 0 aromatic heterocycles. The van der Waals surface area contributed by atoms with Gasteiger partial charge in [0.1, 0.15) is 0 Å². The average molecular weight is 216 g/mol. The van der Waals surface area contributed by atoms with Crippen molar-refractivity contribution in [2.24, 2.45) is 5.41 Å². The lowest BCUT2D eigenvalue weighted by Crippen LogP contribution is -2.43. The van der Waals surface area contributed by atoms with E-state index in [4.69, 9.17) is 0 Å². The van der Waals surface area contributed by atoms with Crippen LogP contribution in [0.4, 0.5) is 0 Å². The van der Waals surface area contributed by atoms with E-state index < -0.39 is 0 Å². The maximum atomic E-state index is 4.48. The molecule has 1 aliphatic rings. The number of hydrogen-bond donors (Lipinski definition) is 1. The van der Waals surface area contributed by atoms with E-state index in [0.717, 1.165) is 12.3 Å². The van der Waals surface area contributed by atoms with Gasteiger partial charge in [-0.2, -0.15) is 12.6 Å². The third-order valence-electron chi connectivity index (χ3n) is 3.28. The average Bonchev–Trinajstić information content (AvgIpc) is 2.08. The molecule has 2 nitrogen and oxygen atoms in total. The van der Waals surface area contributed by atoms with Crippen LogP contribution in [0.15, 0.2) is 0 Å². The van der Waals surface area contributed by atoms with Crippen molar-refractivity contribution < 1.29 is 0 Å². The lowest BCUT2D eigenvalue weighted by Gasteiger charge is -2.43. The molecule has 14 heavy (non-hydrogen) atoms. The van der Waals surface area contributed by atoms with Crippen LogP contribution in [0.25, 0.3) is 0 Å². The largest absolute Gasteiger partial charge is 0.308 e. The molecule has 0 bridgehead atoms. The summed E-state index contributed by atoms with van der Waals surface area (Å²) < 4.78 is 0. The maximum Gasteiger partial charge on any atom is 0.0106 e. The van der Waals surface area contributed by atoms with E-state index in [1.54, 1.807) is 0 Å². The Hall–Kier alpha value is 0.270. The van der Waals surface area contributed by atoms with Crippen LogP contribution in [-0.4, -0.2) is 56.3 Å². The summed E-state index contributed by atoms with van der Waals surface area (Å²) in [6.45, 7) is 3.55. The van der Waals surface area contributed by atoms with Crippen molar-refractivity contribution in [2.45, 2.75) is 19.3 Å². The zero-order valence-corrected chi connectivity index (χ0v) is 10.7. The summed E-state index contributed by atoms with van der Waals surface area (Å²) in [5, 5.41) is 0. The van der Waals surface area contributed by atoms with E-state index in [1.165, 1.54) is 32.4 Å². The topological polar surface area (TPSA) is 6.48 Å². The Morgan fingerprint density at radius 3 is 2.14 bits per heavy atom. The molecule has 0 heterocycles. The molecule has 0 radical (unpaired) electrons. The Kier molecular flexibility index (Phi) is 4.74. The van der Waals surface area contributed by atoms with E-state index in [2.05, 4.69) is 43.6 Å². The molecule has 0 saturated heterocycles. The summed E-state index contributed by atoms with van der Waals surface area (Å²) >= 11 is 4.48. The van der Waals surface area contributed by atoms with Crippen molar-refractivity contribution in [3.63, 3.8) is 0 Å². The molecule has 0 unspecified atom stereocenters. The van der Waals surface area contributed by atoms with Crippen LogP contribution >= 0.6 is 12.6 Å². The van der Waals surface area contributed by atoms with Gasteiger partial charge in [-0.1, -0.05) is 6.42 Å². The minimum atomic E-state index is 0.546. The molecule has 0 spiro atoms. The van der Waals surface area contributed by atoms with Gasteiger partial charge in [0.15, 0.2) is 0 Å². The lowest BCUT2D eigenvalue weighted by atomic mass is 9.70. The number of rotatable bonds is 6. The molecular weight excluding hydrogens is 192 g/mol. The molecule has 1 aliphatic carbocycles. The molecule has 0 amide bonds. The quantitative estimate of drug-likeness (QED) is 0.674. The zero-order valence-electron chi connectivity index (χ0n) is 9.79. The van der Waals surface area contributed by atoms with Gasteiger partial charge in [0, 0.05) is 19.6 Å². The molecule has 1 fully saturated rings. The van der Waals surface area contributed by atoms with Gasteiger partial charge in [-0.25, -0.2) is 0 Å². The van der Waals surface area contributed by atoms with Gasteiger partial charge in [-0.3, -0.25) is 0 Å². The van der Waals surface area contributed by atoms with E-state index in [1.807, 2.05) is 0 Å². The highest BCUT2D eigenvalue weighted by Gasteiger charge is 2.36. The van der Waals surface area contributed by atoms with E-state index >= 15 is 0 Å². The second-order valence-electron chi connectivity index (χ2n) is 5.05. The Bertz CT molecular complexity index is 161. The van der Waals surface area contributed by atoms with E-state index in [0.29, 0.717) is 5.41 Å². The number of nitrogens with zero attached hydrogens (tertiary/aromatic N) is 2. The molecule has 3 heteroatoms. The number of hydrogen-bond acceptors (Lipinski definition) is 3. The number of likely N-dealkylation sites (N-methyl/N-ethyl adjacent to an activating group) is 2. The molecular formula is C11H24N2S. The molecule has 0 aromatic rings. The van der Waals surface area contributed by atoms with Crippen LogP contribution in [0.3, 0.4) is 0 Å². The van der Waals surface area contributed by atoms with Gasteiger partial charge >= 0.3 is 0 Å². The summed E-state index contributed by atoms with van der Waals surface area (Å²) in [6, 6.07) is 0. The van der Waals surface area contributed by atoms with Crippen molar-refractivity contribution in [3.8, 4) is 0 Å². The molecule has 0 atom stereocenters. The smallest absolute Gasteiger partial charge is 0.0106 e. The number of thiol groups is 1. The van der Waals surface area contributed by atoms with Crippen LogP contribution in [0.1, 0.15) is 19.3 Å². The highest BCUT2D eigenvalue weighted by Crippen LogP contribution is 2.42. The SMILES string of the molecule is CN(C)CCN(C)CC1(CS)CCC1. The molecule has 1 rings (SSSR count). The van der Waals surface area contributed by atoms with Crippen LogP contribution in [-0.2, 0) is 0 Å². The van der Waals surface area contributed by atoms with Gasteiger partial charge in [0.05, 0.1) is 0 Å². The summed E-state index contributed by atoms with van der Waals surface area (Å²) in [7, 11) is 6.49. The van der Waals surface area contributed by atoms with Gasteiger partial charge in [-0.15, -0.1) is 0 Å². The third kappa shape index (κ3) is 3.44. The van der Waals surface area contributed by atoms with E-state index in [-0.39, 0.29) is 0 Å². The fourth-order valence-corrected chi connectivity index (χ4v) is 2.48. The molecule has 1 saturated carbocycles. The van der Waals surface area contributed by atoms with Crippen LogP contribution in [0.5, 0.6) is 0 Å². The Morgan fingerprint density at radius 2 is 1.79 bits per heavy atom. The Labute approximate surface area is 94.1 Å². The fourth-order valence-electron chi connectivity index (χ4n) is 2.07.